The topological polar surface area (TPSA) is 43.1 Å². The maximum atomic E-state index is 13.2. The fourth-order valence-corrected chi connectivity index (χ4v) is 2.03. The van der Waals surface area contributed by atoms with Gasteiger partial charge in [0.1, 0.15) is 5.82 Å². The van der Waals surface area contributed by atoms with Gasteiger partial charge in [-0.05, 0) is 43.2 Å². The Morgan fingerprint density at radius 3 is 2.63 bits per heavy atom. The Morgan fingerprint density at radius 2 is 1.89 bits per heavy atom. The van der Waals surface area contributed by atoms with Gasteiger partial charge >= 0.3 is 0 Å². The molecule has 2 nitrogen and oxygen atoms in total. The minimum Gasteiger partial charge on any atom is -0.398 e. The van der Waals surface area contributed by atoms with Crippen LogP contribution in [0.25, 0.3) is 0 Å². The Balaban J connectivity index is 2.30. The second kappa shape index (κ2) is 5.22. The number of ketones is 1. The van der Waals surface area contributed by atoms with Gasteiger partial charge in [-0.2, -0.15) is 0 Å². The number of nitrogen functional groups attached to an aromatic ring is 1. The molecule has 0 amide bonds. The summed E-state index contributed by atoms with van der Waals surface area (Å²) in [7, 11) is 0. The highest BCUT2D eigenvalue weighted by Gasteiger charge is 2.13. The zero-order chi connectivity index (χ0) is 14.0. The van der Waals surface area contributed by atoms with Crippen LogP contribution in [-0.4, -0.2) is 5.78 Å². The summed E-state index contributed by atoms with van der Waals surface area (Å²) in [4.78, 5) is 12.2. The molecule has 2 rings (SSSR count). The highest BCUT2D eigenvalue weighted by molar-refractivity contribution is 6.02. The van der Waals surface area contributed by atoms with Crippen LogP contribution in [0.2, 0.25) is 0 Å². The summed E-state index contributed by atoms with van der Waals surface area (Å²) in [6.45, 7) is 3.93. The van der Waals surface area contributed by atoms with E-state index in [1.807, 2.05) is 32.0 Å². The van der Waals surface area contributed by atoms with Crippen LogP contribution in [0.4, 0.5) is 10.1 Å². The predicted molar refractivity (Wildman–Crippen MR) is 74.8 cm³/mol. The molecule has 19 heavy (non-hydrogen) atoms. The molecule has 0 spiro atoms. The molecule has 0 unspecified atom stereocenters. The van der Waals surface area contributed by atoms with Gasteiger partial charge in [0.15, 0.2) is 5.78 Å². The van der Waals surface area contributed by atoms with E-state index in [2.05, 4.69) is 0 Å². The zero-order valence-electron chi connectivity index (χ0n) is 11.0. The zero-order valence-corrected chi connectivity index (χ0v) is 11.0. The van der Waals surface area contributed by atoms with Crippen molar-refractivity contribution in [2.75, 3.05) is 5.73 Å². The van der Waals surface area contributed by atoms with Gasteiger partial charge < -0.3 is 5.73 Å². The maximum Gasteiger partial charge on any atom is 0.169 e. The monoisotopic (exact) mass is 257 g/mol. The third-order valence-corrected chi connectivity index (χ3v) is 3.17. The molecule has 2 N–H and O–H groups in total. The first kappa shape index (κ1) is 13.3. The Bertz CT molecular complexity index is 635. The molecule has 0 radical (unpaired) electrons. The molecule has 0 saturated carbocycles. The number of aryl methyl sites for hydroxylation is 2. The van der Waals surface area contributed by atoms with Crippen molar-refractivity contribution < 1.29 is 9.18 Å². The number of Topliss-reactive ketones (excluding diaryl/α,β-unsaturated/α-hetero) is 1. The van der Waals surface area contributed by atoms with E-state index in [4.69, 9.17) is 5.73 Å². The summed E-state index contributed by atoms with van der Waals surface area (Å²) < 4.78 is 13.2. The summed E-state index contributed by atoms with van der Waals surface area (Å²) in [6.07, 6.45) is 0.237. The van der Waals surface area contributed by atoms with Crippen molar-refractivity contribution in [1.29, 1.82) is 0 Å². The minimum atomic E-state index is -0.446. The highest BCUT2D eigenvalue weighted by atomic mass is 19.1. The average molecular weight is 257 g/mol. The van der Waals surface area contributed by atoms with Crippen molar-refractivity contribution in [1.82, 2.24) is 0 Å². The van der Waals surface area contributed by atoms with Gasteiger partial charge in [-0.15, -0.1) is 0 Å². The lowest BCUT2D eigenvalue weighted by Gasteiger charge is -2.08. The first-order valence-corrected chi connectivity index (χ1v) is 6.11. The van der Waals surface area contributed by atoms with E-state index in [0.717, 1.165) is 16.7 Å². The molecule has 0 saturated heterocycles. The molecule has 0 atom stereocenters. The van der Waals surface area contributed by atoms with Crippen LogP contribution in [0.3, 0.4) is 0 Å². The molecule has 3 heteroatoms. The van der Waals surface area contributed by atoms with Crippen LogP contribution in [0.1, 0.15) is 27.0 Å². The Labute approximate surface area is 112 Å². The molecule has 0 aliphatic heterocycles. The van der Waals surface area contributed by atoms with Gasteiger partial charge in [0.2, 0.25) is 0 Å². The standard InChI is InChI=1S/C16H16FNO/c1-10-3-4-11(2)12(7-10)8-16(19)14-9-13(17)5-6-15(14)18/h3-7,9H,8,18H2,1-2H3. The van der Waals surface area contributed by atoms with Gasteiger partial charge in [0, 0.05) is 17.7 Å². The Hall–Kier alpha value is -2.16. The molecule has 0 bridgehead atoms. The van der Waals surface area contributed by atoms with E-state index in [9.17, 15) is 9.18 Å². The predicted octanol–water partition coefficient (Wildman–Crippen LogP) is 3.45. The van der Waals surface area contributed by atoms with Gasteiger partial charge in [-0.3, -0.25) is 4.79 Å². The van der Waals surface area contributed by atoms with Crippen molar-refractivity contribution >= 4 is 11.5 Å². The number of halogens is 1. The molecule has 0 heterocycles. The molecule has 2 aromatic rings. The first-order chi connectivity index (χ1) is 8.97. The lowest BCUT2D eigenvalue weighted by Crippen LogP contribution is -2.08. The van der Waals surface area contributed by atoms with Crippen molar-refractivity contribution in [2.45, 2.75) is 20.3 Å². The largest absolute Gasteiger partial charge is 0.398 e. The van der Waals surface area contributed by atoms with E-state index in [1.54, 1.807) is 0 Å². The number of hydrogen-bond acceptors (Lipinski definition) is 2. The molecule has 2 aromatic carbocycles. The molecule has 0 aliphatic carbocycles. The van der Waals surface area contributed by atoms with Gasteiger partial charge in [-0.25, -0.2) is 4.39 Å². The minimum absolute atomic E-state index is 0.161. The molecular formula is C16H16FNO. The van der Waals surface area contributed by atoms with E-state index in [-0.39, 0.29) is 17.8 Å². The second-order valence-corrected chi connectivity index (χ2v) is 4.76. The Morgan fingerprint density at radius 1 is 1.16 bits per heavy atom. The van der Waals surface area contributed by atoms with E-state index < -0.39 is 5.82 Å². The number of carbonyl (C=O) groups is 1. The van der Waals surface area contributed by atoms with Crippen molar-refractivity contribution in [3.8, 4) is 0 Å². The van der Waals surface area contributed by atoms with Crippen LogP contribution < -0.4 is 5.73 Å². The van der Waals surface area contributed by atoms with E-state index in [1.165, 1.54) is 18.2 Å². The maximum absolute atomic E-state index is 13.2. The molecule has 0 aromatic heterocycles. The third kappa shape index (κ3) is 2.99. The SMILES string of the molecule is Cc1ccc(C)c(CC(=O)c2cc(F)ccc2N)c1. The molecular weight excluding hydrogens is 241 g/mol. The van der Waals surface area contributed by atoms with Crippen molar-refractivity contribution in [3.05, 3.63) is 64.5 Å². The van der Waals surface area contributed by atoms with Gasteiger partial charge in [-0.1, -0.05) is 23.8 Å². The van der Waals surface area contributed by atoms with E-state index >= 15 is 0 Å². The number of rotatable bonds is 3. The first-order valence-electron chi connectivity index (χ1n) is 6.11. The summed E-state index contributed by atoms with van der Waals surface area (Å²) >= 11 is 0. The average Bonchev–Trinajstić information content (AvgIpc) is 2.36. The highest BCUT2D eigenvalue weighted by Crippen LogP contribution is 2.18. The smallest absolute Gasteiger partial charge is 0.169 e. The number of hydrogen-bond donors (Lipinski definition) is 1. The lowest BCUT2D eigenvalue weighted by molar-refractivity contribution is 0.0993. The molecule has 0 fully saturated rings. The van der Waals surface area contributed by atoms with Gasteiger partial charge in [0.25, 0.3) is 0 Å². The number of carbonyl (C=O) groups excluding carboxylic acids is 1. The fourth-order valence-electron chi connectivity index (χ4n) is 2.03. The van der Waals surface area contributed by atoms with Crippen molar-refractivity contribution in [2.24, 2.45) is 0 Å². The fraction of sp³-hybridized carbons (Fsp3) is 0.188. The van der Waals surface area contributed by atoms with E-state index in [0.29, 0.717) is 5.69 Å². The van der Waals surface area contributed by atoms with Crippen molar-refractivity contribution in [3.63, 3.8) is 0 Å². The molecule has 0 aliphatic rings. The lowest BCUT2D eigenvalue weighted by atomic mass is 9.97. The summed E-state index contributed by atoms with van der Waals surface area (Å²) in [5.74, 6) is -0.607. The second-order valence-electron chi connectivity index (χ2n) is 4.76. The number of nitrogens with two attached hydrogens (primary N) is 1. The van der Waals surface area contributed by atoms with Crippen LogP contribution in [0.15, 0.2) is 36.4 Å². The van der Waals surface area contributed by atoms with Crippen LogP contribution in [0.5, 0.6) is 0 Å². The summed E-state index contributed by atoms with van der Waals surface area (Å²) in [5.41, 5.74) is 9.39. The number of anilines is 1. The van der Waals surface area contributed by atoms with Crippen LogP contribution in [-0.2, 0) is 6.42 Å². The normalized spacial score (nSPS) is 10.5. The quantitative estimate of drug-likeness (QED) is 0.676. The molecule has 98 valence electrons. The van der Waals surface area contributed by atoms with Crippen LogP contribution in [0, 0.1) is 19.7 Å². The number of benzene rings is 2. The summed E-state index contributed by atoms with van der Waals surface area (Å²) in [5, 5.41) is 0. The summed E-state index contributed by atoms with van der Waals surface area (Å²) in [6, 6.07) is 9.83. The third-order valence-electron chi connectivity index (χ3n) is 3.17. The van der Waals surface area contributed by atoms with Crippen LogP contribution >= 0.6 is 0 Å². The Kier molecular flexibility index (Phi) is 3.65. The van der Waals surface area contributed by atoms with Gasteiger partial charge in [0.05, 0.1) is 0 Å².